The summed E-state index contributed by atoms with van der Waals surface area (Å²) in [6.45, 7) is 3.47. The number of rotatable bonds is 8. The molecule has 0 radical (unpaired) electrons. The van der Waals surface area contributed by atoms with E-state index >= 15 is 0 Å². The molecule has 0 heterocycles. The number of ether oxygens (including phenoxy) is 3. The number of hydrogen-bond acceptors (Lipinski definition) is 4. The summed E-state index contributed by atoms with van der Waals surface area (Å²) in [4.78, 5) is 4.28. The number of aryl methyl sites for hydroxylation is 1. The lowest BCUT2D eigenvalue weighted by Gasteiger charge is -2.14. The molecule has 0 spiro atoms. The molecule has 2 rings (SSSR count). The quantitative estimate of drug-likeness (QED) is 0.331. The van der Waals surface area contributed by atoms with Crippen LogP contribution < -0.4 is 24.8 Å². The first-order chi connectivity index (χ1) is 13.1. The average molecular weight is 499 g/mol. The van der Waals surface area contributed by atoms with Gasteiger partial charge in [0.15, 0.2) is 17.5 Å². The van der Waals surface area contributed by atoms with E-state index in [4.69, 9.17) is 14.2 Å². The standard InChI is InChI=1S/C21H29N3O3.HI/c1-15-6-8-18(25-3)17(12-15)10-11-23-21(22-2)24-14-16-7-9-19(26-4)20(13-16)27-5;/h6-9,12-13H,10-11,14H2,1-5H3,(H2,22,23,24);1H. The molecular weight excluding hydrogens is 469 g/mol. The van der Waals surface area contributed by atoms with Crippen LogP contribution in [0.15, 0.2) is 41.4 Å². The number of guanidine groups is 1. The Morgan fingerprint density at radius 1 is 0.893 bits per heavy atom. The fourth-order valence-electron chi connectivity index (χ4n) is 2.82. The van der Waals surface area contributed by atoms with Gasteiger partial charge in [-0.3, -0.25) is 4.99 Å². The van der Waals surface area contributed by atoms with Gasteiger partial charge in [0.05, 0.1) is 21.3 Å². The number of halogens is 1. The van der Waals surface area contributed by atoms with Crippen molar-refractivity contribution in [2.75, 3.05) is 34.9 Å². The molecule has 154 valence electrons. The van der Waals surface area contributed by atoms with Gasteiger partial charge in [-0.2, -0.15) is 0 Å². The molecule has 0 aliphatic carbocycles. The lowest BCUT2D eigenvalue weighted by Crippen LogP contribution is -2.37. The molecule has 0 unspecified atom stereocenters. The minimum absolute atomic E-state index is 0. The fourth-order valence-corrected chi connectivity index (χ4v) is 2.82. The van der Waals surface area contributed by atoms with Crippen LogP contribution in [0.25, 0.3) is 0 Å². The Morgan fingerprint density at radius 2 is 1.57 bits per heavy atom. The van der Waals surface area contributed by atoms with Gasteiger partial charge in [0, 0.05) is 20.1 Å². The Kier molecular flexibility index (Phi) is 10.5. The third-order valence-electron chi connectivity index (χ3n) is 4.25. The topological polar surface area (TPSA) is 64.1 Å². The molecule has 0 fully saturated rings. The van der Waals surface area contributed by atoms with Crippen molar-refractivity contribution in [1.82, 2.24) is 10.6 Å². The zero-order chi connectivity index (χ0) is 19.6. The zero-order valence-corrected chi connectivity index (χ0v) is 19.5. The smallest absolute Gasteiger partial charge is 0.191 e. The maximum atomic E-state index is 5.43. The van der Waals surface area contributed by atoms with Gasteiger partial charge in [-0.25, -0.2) is 0 Å². The van der Waals surface area contributed by atoms with E-state index in [9.17, 15) is 0 Å². The van der Waals surface area contributed by atoms with Gasteiger partial charge in [-0.15, -0.1) is 24.0 Å². The van der Waals surface area contributed by atoms with Crippen LogP contribution in [0.2, 0.25) is 0 Å². The Labute approximate surface area is 184 Å². The molecule has 2 aromatic carbocycles. The highest BCUT2D eigenvalue weighted by atomic mass is 127. The number of benzene rings is 2. The Balaban J connectivity index is 0.00000392. The Bertz CT molecular complexity index is 781. The number of nitrogens with one attached hydrogen (secondary N) is 2. The van der Waals surface area contributed by atoms with E-state index in [2.05, 4.69) is 34.7 Å². The number of nitrogens with zero attached hydrogens (tertiary/aromatic N) is 1. The molecule has 6 nitrogen and oxygen atoms in total. The molecule has 0 bridgehead atoms. The van der Waals surface area contributed by atoms with E-state index in [0.29, 0.717) is 12.3 Å². The number of aliphatic imine (C=N–C) groups is 1. The van der Waals surface area contributed by atoms with E-state index in [1.54, 1.807) is 28.4 Å². The molecule has 2 aromatic rings. The summed E-state index contributed by atoms with van der Waals surface area (Å²) in [7, 11) is 6.72. The minimum Gasteiger partial charge on any atom is -0.496 e. The van der Waals surface area contributed by atoms with Gasteiger partial charge in [0.1, 0.15) is 5.75 Å². The molecular formula is C21H30IN3O3. The van der Waals surface area contributed by atoms with Crippen molar-refractivity contribution in [3.05, 3.63) is 53.1 Å². The van der Waals surface area contributed by atoms with Crippen molar-refractivity contribution >= 4 is 29.9 Å². The van der Waals surface area contributed by atoms with Crippen LogP contribution in [0.1, 0.15) is 16.7 Å². The van der Waals surface area contributed by atoms with Crippen molar-refractivity contribution in [3.63, 3.8) is 0 Å². The average Bonchev–Trinajstić information content (AvgIpc) is 2.70. The molecule has 0 amide bonds. The Morgan fingerprint density at radius 3 is 2.21 bits per heavy atom. The summed E-state index contributed by atoms with van der Waals surface area (Å²) in [6, 6.07) is 12.1. The summed E-state index contributed by atoms with van der Waals surface area (Å²) in [5.74, 6) is 3.09. The molecule has 0 aliphatic rings. The van der Waals surface area contributed by atoms with Crippen molar-refractivity contribution in [3.8, 4) is 17.2 Å². The second kappa shape index (κ2) is 12.3. The van der Waals surface area contributed by atoms with E-state index in [1.807, 2.05) is 24.3 Å². The van der Waals surface area contributed by atoms with Crippen molar-refractivity contribution in [2.45, 2.75) is 19.9 Å². The lowest BCUT2D eigenvalue weighted by molar-refractivity contribution is 0.354. The first-order valence-corrected chi connectivity index (χ1v) is 8.90. The first-order valence-electron chi connectivity index (χ1n) is 8.90. The summed E-state index contributed by atoms with van der Waals surface area (Å²) in [6.07, 6.45) is 0.849. The summed E-state index contributed by atoms with van der Waals surface area (Å²) >= 11 is 0. The number of hydrogen-bond donors (Lipinski definition) is 2. The van der Waals surface area contributed by atoms with Crippen LogP contribution in [-0.4, -0.2) is 40.9 Å². The highest BCUT2D eigenvalue weighted by Gasteiger charge is 2.06. The van der Waals surface area contributed by atoms with Crippen LogP contribution >= 0.6 is 24.0 Å². The molecule has 0 saturated heterocycles. The maximum Gasteiger partial charge on any atom is 0.191 e. The summed E-state index contributed by atoms with van der Waals surface area (Å²) < 4.78 is 16.0. The van der Waals surface area contributed by atoms with Crippen LogP contribution in [-0.2, 0) is 13.0 Å². The van der Waals surface area contributed by atoms with Gasteiger partial charge < -0.3 is 24.8 Å². The molecule has 0 aliphatic heterocycles. The fraction of sp³-hybridized carbons (Fsp3) is 0.381. The molecule has 28 heavy (non-hydrogen) atoms. The highest BCUT2D eigenvalue weighted by molar-refractivity contribution is 14.0. The van der Waals surface area contributed by atoms with Crippen LogP contribution in [0.5, 0.6) is 17.2 Å². The molecule has 7 heteroatoms. The SMILES string of the molecule is CN=C(NCCc1cc(C)ccc1OC)NCc1ccc(OC)c(OC)c1.I. The monoisotopic (exact) mass is 499 g/mol. The van der Waals surface area contributed by atoms with Crippen LogP contribution in [0.3, 0.4) is 0 Å². The normalized spacial score (nSPS) is 10.7. The van der Waals surface area contributed by atoms with E-state index < -0.39 is 0 Å². The van der Waals surface area contributed by atoms with Crippen LogP contribution in [0.4, 0.5) is 0 Å². The van der Waals surface area contributed by atoms with E-state index in [0.717, 1.165) is 36.0 Å². The second-order valence-corrected chi connectivity index (χ2v) is 6.11. The third kappa shape index (κ3) is 6.78. The van der Waals surface area contributed by atoms with Gasteiger partial charge in [0.2, 0.25) is 0 Å². The second-order valence-electron chi connectivity index (χ2n) is 6.11. The summed E-state index contributed by atoms with van der Waals surface area (Å²) in [5, 5.41) is 6.65. The lowest BCUT2D eigenvalue weighted by atomic mass is 10.1. The third-order valence-corrected chi connectivity index (χ3v) is 4.25. The molecule has 0 saturated carbocycles. The number of methoxy groups -OCH3 is 3. The minimum atomic E-state index is 0. The van der Waals surface area contributed by atoms with Crippen molar-refractivity contribution in [2.24, 2.45) is 4.99 Å². The van der Waals surface area contributed by atoms with Crippen LogP contribution in [0, 0.1) is 6.92 Å². The molecule has 0 atom stereocenters. The largest absolute Gasteiger partial charge is 0.496 e. The van der Waals surface area contributed by atoms with E-state index in [1.165, 1.54) is 11.1 Å². The highest BCUT2D eigenvalue weighted by Crippen LogP contribution is 2.27. The predicted molar refractivity (Wildman–Crippen MR) is 125 cm³/mol. The first kappa shape index (κ1) is 23.9. The predicted octanol–water partition coefficient (Wildman–Crippen LogP) is 3.55. The zero-order valence-electron chi connectivity index (χ0n) is 17.2. The van der Waals surface area contributed by atoms with Gasteiger partial charge in [0.25, 0.3) is 0 Å². The maximum absolute atomic E-state index is 5.43. The van der Waals surface area contributed by atoms with E-state index in [-0.39, 0.29) is 24.0 Å². The summed E-state index contributed by atoms with van der Waals surface area (Å²) in [5.41, 5.74) is 3.48. The molecule has 2 N–H and O–H groups in total. The Hall–Kier alpha value is -2.16. The van der Waals surface area contributed by atoms with Gasteiger partial charge in [-0.1, -0.05) is 23.8 Å². The molecule has 0 aromatic heterocycles. The van der Waals surface area contributed by atoms with Gasteiger partial charge >= 0.3 is 0 Å². The van der Waals surface area contributed by atoms with Crippen molar-refractivity contribution < 1.29 is 14.2 Å². The van der Waals surface area contributed by atoms with Gasteiger partial charge in [-0.05, 0) is 42.7 Å². The van der Waals surface area contributed by atoms with Crippen molar-refractivity contribution in [1.29, 1.82) is 0 Å².